The third-order valence-corrected chi connectivity index (χ3v) is 5.95. The van der Waals surface area contributed by atoms with Gasteiger partial charge in [0.05, 0.1) is 6.26 Å². The summed E-state index contributed by atoms with van der Waals surface area (Å²) in [6, 6.07) is 17.8. The number of hydrogen-bond donors (Lipinski definition) is 2. The lowest BCUT2D eigenvalue weighted by Crippen LogP contribution is -2.45. The molecule has 0 radical (unpaired) electrons. The molecule has 0 unspecified atom stereocenters. The van der Waals surface area contributed by atoms with Crippen molar-refractivity contribution < 1.29 is 23.5 Å². The molecular formula is C25H25ClN2O5. The van der Waals surface area contributed by atoms with Crippen LogP contribution in [-0.4, -0.2) is 38.2 Å². The van der Waals surface area contributed by atoms with Crippen LogP contribution in [0.3, 0.4) is 0 Å². The highest BCUT2D eigenvalue weighted by Crippen LogP contribution is 2.35. The summed E-state index contributed by atoms with van der Waals surface area (Å²) in [5.74, 6) is 0.0889. The maximum absolute atomic E-state index is 12.5. The molecule has 8 heteroatoms. The number of nitrogens with one attached hydrogen (secondary N) is 2. The molecule has 0 atom stereocenters. The number of halogens is 1. The van der Waals surface area contributed by atoms with Gasteiger partial charge in [-0.2, -0.15) is 0 Å². The van der Waals surface area contributed by atoms with Crippen molar-refractivity contribution in [3.8, 4) is 5.75 Å². The van der Waals surface area contributed by atoms with E-state index in [0.717, 1.165) is 18.4 Å². The topological polar surface area (TPSA) is 89.8 Å². The first-order valence-electron chi connectivity index (χ1n) is 10.7. The summed E-state index contributed by atoms with van der Waals surface area (Å²) in [5.41, 5.74) is 1.41. The second-order valence-corrected chi connectivity index (χ2v) is 8.36. The fourth-order valence-electron chi connectivity index (χ4n) is 3.88. The van der Waals surface area contributed by atoms with Crippen molar-refractivity contribution in [2.45, 2.75) is 18.3 Å². The number of furan rings is 1. The Kier molecular flexibility index (Phi) is 7.32. The van der Waals surface area contributed by atoms with Gasteiger partial charge in [0.2, 0.25) is 0 Å². The number of anilines is 1. The molecule has 2 N–H and O–H groups in total. The van der Waals surface area contributed by atoms with E-state index in [1.54, 1.807) is 36.4 Å². The molecule has 1 saturated heterocycles. The number of carbonyl (C=O) groups excluding carboxylic acids is 2. The van der Waals surface area contributed by atoms with Gasteiger partial charge in [-0.25, -0.2) is 0 Å². The van der Waals surface area contributed by atoms with E-state index in [1.807, 2.05) is 24.3 Å². The van der Waals surface area contributed by atoms with Crippen LogP contribution in [-0.2, 0) is 14.9 Å². The second kappa shape index (κ2) is 10.6. The molecule has 172 valence electrons. The van der Waals surface area contributed by atoms with E-state index in [2.05, 4.69) is 10.6 Å². The van der Waals surface area contributed by atoms with Gasteiger partial charge in [-0.05, 0) is 54.8 Å². The molecule has 1 aliphatic heterocycles. The highest BCUT2D eigenvalue weighted by Gasteiger charge is 2.35. The zero-order chi connectivity index (χ0) is 23.1. The SMILES string of the molecule is O=C(COc1cccc(NC(=O)c2ccco2)c1)NCC1(c2cccc(Cl)c2)CCOCC1. The number of carbonyl (C=O) groups is 2. The van der Waals surface area contributed by atoms with Gasteiger partial charge in [0.25, 0.3) is 11.8 Å². The zero-order valence-electron chi connectivity index (χ0n) is 18.0. The van der Waals surface area contributed by atoms with Crippen LogP contribution in [0.15, 0.2) is 71.3 Å². The van der Waals surface area contributed by atoms with Crippen LogP contribution in [0, 0.1) is 0 Å². The van der Waals surface area contributed by atoms with E-state index in [1.165, 1.54) is 6.26 Å². The van der Waals surface area contributed by atoms with Gasteiger partial charge in [-0.1, -0.05) is 29.8 Å². The van der Waals surface area contributed by atoms with Crippen LogP contribution in [0.1, 0.15) is 29.0 Å². The van der Waals surface area contributed by atoms with E-state index < -0.39 is 0 Å². The molecule has 2 aromatic carbocycles. The Labute approximate surface area is 197 Å². The fraction of sp³-hybridized carbons (Fsp3) is 0.280. The summed E-state index contributed by atoms with van der Waals surface area (Å²) in [4.78, 5) is 24.7. The summed E-state index contributed by atoms with van der Waals surface area (Å²) in [6.45, 7) is 1.60. The van der Waals surface area contributed by atoms with E-state index in [0.29, 0.717) is 36.2 Å². The standard InChI is InChI=1S/C25H25ClN2O5/c26-19-5-1-4-18(14-19)25(9-12-31-13-10-25)17-27-23(29)16-33-21-7-2-6-20(15-21)28-24(30)22-8-3-11-32-22/h1-8,11,14-15H,9-10,12-13,16-17H2,(H,27,29)(H,28,30). The van der Waals surface area contributed by atoms with Gasteiger partial charge < -0.3 is 24.5 Å². The first kappa shape index (κ1) is 22.9. The smallest absolute Gasteiger partial charge is 0.291 e. The van der Waals surface area contributed by atoms with E-state index in [9.17, 15) is 9.59 Å². The lowest BCUT2D eigenvalue weighted by molar-refractivity contribution is -0.123. The van der Waals surface area contributed by atoms with Crippen LogP contribution in [0.25, 0.3) is 0 Å². The van der Waals surface area contributed by atoms with Crippen LogP contribution < -0.4 is 15.4 Å². The molecule has 1 aliphatic rings. The molecule has 0 saturated carbocycles. The molecule has 3 aromatic rings. The van der Waals surface area contributed by atoms with Crippen molar-refractivity contribution in [1.29, 1.82) is 0 Å². The number of hydrogen-bond acceptors (Lipinski definition) is 5. The van der Waals surface area contributed by atoms with Crippen LogP contribution >= 0.6 is 11.6 Å². The molecular weight excluding hydrogens is 444 g/mol. The van der Waals surface area contributed by atoms with Gasteiger partial charge in [-0.15, -0.1) is 0 Å². The number of ether oxygens (including phenoxy) is 2. The quantitative estimate of drug-likeness (QED) is 0.510. The number of rotatable bonds is 8. The molecule has 1 aromatic heterocycles. The van der Waals surface area contributed by atoms with E-state index in [4.69, 9.17) is 25.5 Å². The van der Waals surface area contributed by atoms with Crippen LogP contribution in [0.5, 0.6) is 5.75 Å². The maximum atomic E-state index is 12.5. The summed E-state index contributed by atoms with van der Waals surface area (Å²) >= 11 is 6.21. The Bertz CT molecular complexity index is 1090. The Hall–Kier alpha value is -3.29. The van der Waals surface area contributed by atoms with Gasteiger partial charge in [0.15, 0.2) is 12.4 Å². The lowest BCUT2D eigenvalue weighted by atomic mass is 9.74. The zero-order valence-corrected chi connectivity index (χ0v) is 18.8. The minimum atomic E-state index is -0.363. The predicted molar refractivity (Wildman–Crippen MR) is 125 cm³/mol. The summed E-state index contributed by atoms with van der Waals surface area (Å²) in [6.07, 6.45) is 3.03. The molecule has 0 spiro atoms. The van der Waals surface area contributed by atoms with Gasteiger partial charge in [0.1, 0.15) is 5.75 Å². The second-order valence-electron chi connectivity index (χ2n) is 7.93. The molecule has 7 nitrogen and oxygen atoms in total. The Balaban J connectivity index is 1.33. The normalized spacial score (nSPS) is 14.9. The molecule has 33 heavy (non-hydrogen) atoms. The highest BCUT2D eigenvalue weighted by atomic mass is 35.5. The van der Waals surface area contributed by atoms with E-state index in [-0.39, 0.29) is 29.6 Å². The summed E-state index contributed by atoms with van der Waals surface area (Å²) in [7, 11) is 0. The van der Waals surface area contributed by atoms with Crippen molar-refractivity contribution in [2.75, 3.05) is 31.7 Å². The molecule has 0 bridgehead atoms. The van der Waals surface area contributed by atoms with Crippen molar-refractivity contribution in [3.05, 3.63) is 83.3 Å². The highest BCUT2D eigenvalue weighted by molar-refractivity contribution is 6.30. The van der Waals surface area contributed by atoms with Crippen molar-refractivity contribution in [3.63, 3.8) is 0 Å². The Morgan fingerprint density at radius 1 is 1.03 bits per heavy atom. The minimum absolute atomic E-state index is 0.141. The summed E-state index contributed by atoms with van der Waals surface area (Å²) < 4.78 is 16.3. The largest absolute Gasteiger partial charge is 0.484 e. The molecule has 2 amide bonds. The third kappa shape index (κ3) is 5.94. The van der Waals surface area contributed by atoms with Gasteiger partial charge in [-0.3, -0.25) is 9.59 Å². The van der Waals surface area contributed by atoms with Gasteiger partial charge >= 0.3 is 0 Å². The first-order chi connectivity index (χ1) is 16.0. The van der Waals surface area contributed by atoms with Crippen molar-refractivity contribution in [2.24, 2.45) is 0 Å². The number of amides is 2. The third-order valence-electron chi connectivity index (χ3n) is 5.72. The first-order valence-corrected chi connectivity index (χ1v) is 11.1. The van der Waals surface area contributed by atoms with Crippen molar-refractivity contribution in [1.82, 2.24) is 5.32 Å². The average Bonchev–Trinajstić information content (AvgIpc) is 3.38. The van der Waals surface area contributed by atoms with Crippen LogP contribution in [0.4, 0.5) is 5.69 Å². The predicted octanol–water partition coefficient (Wildman–Crippen LogP) is 4.43. The number of benzene rings is 2. The maximum Gasteiger partial charge on any atom is 0.291 e. The minimum Gasteiger partial charge on any atom is -0.484 e. The van der Waals surface area contributed by atoms with E-state index >= 15 is 0 Å². The Morgan fingerprint density at radius 2 is 1.85 bits per heavy atom. The molecule has 0 aliphatic carbocycles. The van der Waals surface area contributed by atoms with Crippen LogP contribution in [0.2, 0.25) is 5.02 Å². The lowest BCUT2D eigenvalue weighted by Gasteiger charge is -2.38. The molecule has 2 heterocycles. The Morgan fingerprint density at radius 3 is 2.61 bits per heavy atom. The summed E-state index contributed by atoms with van der Waals surface area (Å²) in [5, 5.41) is 6.41. The van der Waals surface area contributed by atoms with Gasteiger partial charge in [0, 0.05) is 41.9 Å². The van der Waals surface area contributed by atoms with Crippen molar-refractivity contribution >= 4 is 29.1 Å². The fourth-order valence-corrected chi connectivity index (χ4v) is 4.07. The molecule has 1 fully saturated rings. The molecule has 4 rings (SSSR count). The monoisotopic (exact) mass is 468 g/mol. The average molecular weight is 469 g/mol.